The van der Waals surface area contributed by atoms with Gasteiger partial charge < -0.3 is 10.6 Å². The smallest absolute Gasteiger partial charge is 0.352 e. The minimum atomic E-state index is -5.57. The van der Waals surface area contributed by atoms with E-state index < -0.39 is 24.1 Å². The van der Waals surface area contributed by atoms with Crippen molar-refractivity contribution >= 4 is 11.7 Å². The summed E-state index contributed by atoms with van der Waals surface area (Å²) in [6, 6.07) is 18.5. The van der Waals surface area contributed by atoms with Crippen molar-refractivity contribution < 1.29 is 31.5 Å². The third-order valence-corrected chi connectivity index (χ3v) is 6.13. The fraction of sp³-hybridized carbons (Fsp3) is 0.517. The van der Waals surface area contributed by atoms with E-state index in [1.54, 1.807) is 6.92 Å². The monoisotopic (exact) mass is 542 g/mol. The molecule has 4 nitrogen and oxygen atoms in total. The van der Waals surface area contributed by atoms with Crippen LogP contribution in [0.4, 0.5) is 22.0 Å². The Hall–Kier alpha value is -2.81. The Kier molecular flexibility index (Phi) is 13.1. The van der Waals surface area contributed by atoms with Crippen molar-refractivity contribution in [3.05, 3.63) is 60.2 Å². The van der Waals surface area contributed by atoms with Gasteiger partial charge in [0.1, 0.15) is 5.78 Å². The van der Waals surface area contributed by atoms with Crippen LogP contribution in [0.5, 0.6) is 0 Å². The number of benzene rings is 2. The Morgan fingerprint density at radius 1 is 0.868 bits per heavy atom. The molecule has 38 heavy (non-hydrogen) atoms. The first-order valence-electron chi connectivity index (χ1n) is 12.8. The molecule has 0 aromatic heterocycles. The van der Waals surface area contributed by atoms with E-state index in [0.29, 0.717) is 6.54 Å². The van der Waals surface area contributed by atoms with Crippen LogP contribution in [-0.2, 0) is 16.1 Å². The van der Waals surface area contributed by atoms with E-state index in [0.717, 1.165) is 18.4 Å². The molecule has 0 bridgehead atoms. The van der Waals surface area contributed by atoms with E-state index in [-0.39, 0.29) is 30.6 Å². The zero-order chi connectivity index (χ0) is 29.0. The predicted octanol–water partition coefficient (Wildman–Crippen LogP) is 7.18. The Morgan fingerprint density at radius 2 is 1.45 bits per heavy atom. The van der Waals surface area contributed by atoms with Gasteiger partial charge in [-0.3, -0.25) is 9.59 Å². The van der Waals surface area contributed by atoms with Crippen molar-refractivity contribution in [2.24, 2.45) is 11.3 Å². The average Bonchev–Trinajstić information content (AvgIpc) is 2.87. The number of carbonyl (C=O) groups is 2. The van der Waals surface area contributed by atoms with Crippen molar-refractivity contribution in [2.45, 2.75) is 72.5 Å². The van der Waals surface area contributed by atoms with Gasteiger partial charge in [0.05, 0.1) is 6.54 Å². The van der Waals surface area contributed by atoms with Gasteiger partial charge in [-0.2, -0.15) is 22.0 Å². The molecule has 9 heteroatoms. The SMILES string of the molecule is CCC(=O)C(C)(C)CNCC(F)(F)C(F)(F)F.CCC[C@H](C)C(=O)NCc1ccccc1-c1ccccc1. The predicted molar refractivity (Wildman–Crippen MR) is 141 cm³/mol. The number of carbonyl (C=O) groups excluding carboxylic acids is 2. The maximum absolute atomic E-state index is 12.5. The van der Waals surface area contributed by atoms with Crippen LogP contribution in [0.15, 0.2) is 54.6 Å². The van der Waals surface area contributed by atoms with Crippen LogP contribution >= 0.6 is 0 Å². The lowest BCUT2D eigenvalue weighted by molar-refractivity contribution is -0.279. The molecule has 2 aromatic carbocycles. The molecule has 1 amide bonds. The van der Waals surface area contributed by atoms with Gasteiger partial charge in [-0.1, -0.05) is 95.6 Å². The summed E-state index contributed by atoms with van der Waals surface area (Å²) in [6.07, 6.45) is -3.38. The molecular weight excluding hydrogens is 503 g/mol. The molecule has 2 rings (SSSR count). The van der Waals surface area contributed by atoms with E-state index in [4.69, 9.17) is 0 Å². The highest BCUT2D eigenvalue weighted by Gasteiger charge is 2.57. The highest BCUT2D eigenvalue weighted by atomic mass is 19.4. The molecule has 0 heterocycles. The number of rotatable bonds is 12. The van der Waals surface area contributed by atoms with E-state index >= 15 is 0 Å². The Morgan fingerprint density at radius 3 is 2.00 bits per heavy atom. The second-order valence-electron chi connectivity index (χ2n) is 9.90. The van der Waals surface area contributed by atoms with Crippen LogP contribution in [-0.4, -0.2) is 36.9 Å². The summed E-state index contributed by atoms with van der Waals surface area (Å²) in [5, 5.41) is 5.05. The van der Waals surface area contributed by atoms with Crippen molar-refractivity contribution in [1.29, 1.82) is 0 Å². The third kappa shape index (κ3) is 10.5. The van der Waals surface area contributed by atoms with Gasteiger partial charge in [0.2, 0.25) is 5.91 Å². The number of hydrogen-bond donors (Lipinski definition) is 2. The minimum Gasteiger partial charge on any atom is -0.352 e. The van der Waals surface area contributed by atoms with Gasteiger partial charge in [-0.15, -0.1) is 0 Å². The first-order valence-corrected chi connectivity index (χ1v) is 12.8. The second-order valence-corrected chi connectivity index (χ2v) is 9.90. The molecule has 0 aliphatic rings. The number of halogens is 5. The van der Waals surface area contributed by atoms with Crippen molar-refractivity contribution in [1.82, 2.24) is 10.6 Å². The van der Waals surface area contributed by atoms with Gasteiger partial charge in [0.25, 0.3) is 0 Å². The summed E-state index contributed by atoms with van der Waals surface area (Å²) < 4.78 is 60.5. The summed E-state index contributed by atoms with van der Waals surface area (Å²) in [6.45, 7) is 7.54. The minimum absolute atomic E-state index is 0.0823. The number of amides is 1. The first-order chi connectivity index (χ1) is 17.7. The number of alkyl halides is 5. The molecule has 212 valence electrons. The Balaban J connectivity index is 0.000000391. The van der Waals surface area contributed by atoms with Gasteiger partial charge in [-0.25, -0.2) is 0 Å². The molecule has 0 fully saturated rings. The Labute approximate surface area is 222 Å². The lowest BCUT2D eigenvalue weighted by Gasteiger charge is -2.25. The lowest BCUT2D eigenvalue weighted by atomic mass is 9.86. The molecule has 0 spiro atoms. The van der Waals surface area contributed by atoms with Crippen LogP contribution in [0.25, 0.3) is 11.1 Å². The van der Waals surface area contributed by atoms with Crippen LogP contribution in [0.3, 0.4) is 0 Å². The lowest BCUT2D eigenvalue weighted by Crippen LogP contribution is -2.48. The zero-order valence-corrected chi connectivity index (χ0v) is 22.7. The van der Waals surface area contributed by atoms with Crippen LogP contribution < -0.4 is 10.6 Å². The van der Waals surface area contributed by atoms with E-state index in [1.165, 1.54) is 25.0 Å². The standard InChI is InChI=1S/C19H23NO.C10H16F5NO/c1-3-9-15(2)19(21)20-14-17-12-7-8-13-18(17)16-10-5-4-6-11-16;1-4-7(17)8(2,3)5-16-6-9(11,12)10(13,14)15/h4-8,10-13,15H,3,9,14H2,1-2H3,(H,20,21);16H,4-6H2,1-3H3/t15-;/m0./s1. The molecule has 2 aromatic rings. The summed E-state index contributed by atoms with van der Waals surface area (Å²) in [5.41, 5.74) is 2.57. The van der Waals surface area contributed by atoms with Crippen LogP contribution in [0.2, 0.25) is 0 Å². The molecule has 0 unspecified atom stereocenters. The molecule has 0 saturated heterocycles. The molecule has 0 saturated carbocycles. The average molecular weight is 543 g/mol. The number of nitrogens with one attached hydrogen (secondary N) is 2. The fourth-order valence-electron chi connectivity index (χ4n) is 3.70. The summed E-state index contributed by atoms with van der Waals surface area (Å²) in [5.74, 6) is -4.75. The van der Waals surface area contributed by atoms with Crippen LogP contribution in [0.1, 0.15) is 59.4 Å². The van der Waals surface area contributed by atoms with Gasteiger partial charge in [0, 0.05) is 30.8 Å². The van der Waals surface area contributed by atoms with Gasteiger partial charge in [0.15, 0.2) is 0 Å². The molecular formula is C29H39F5N2O2. The largest absolute Gasteiger partial charge is 0.454 e. The van der Waals surface area contributed by atoms with E-state index in [1.807, 2.05) is 42.6 Å². The highest BCUT2D eigenvalue weighted by Crippen LogP contribution is 2.34. The summed E-state index contributed by atoms with van der Waals surface area (Å²) >= 11 is 0. The highest BCUT2D eigenvalue weighted by molar-refractivity contribution is 5.84. The summed E-state index contributed by atoms with van der Waals surface area (Å²) in [4.78, 5) is 23.4. The molecule has 0 aliphatic heterocycles. The molecule has 1 atom stereocenters. The number of Topliss-reactive ketones (excluding diaryl/α,β-unsaturated/α-hetero) is 1. The van der Waals surface area contributed by atoms with Crippen molar-refractivity contribution in [2.75, 3.05) is 13.1 Å². The van der Waals surface area contributed by atoms with Crippen molar-refractivity contribution in [3.8, 4) is 11.1 Å². The second kappa shape index (κ2) is 15.0. The number of hydrogen-bond acceptors (Lipinski definition) is 3. The quantitative estimate of drug-likeness (QED) is 0.279. The molecule has 0 radical (unpaired) electrons. The third-order valence-electron chi connectivity index (χ3n) is 6.13. The van der Waals surface area contributed by atoms with E-state index in [9.17, 15) is 31.5 Å². The Bertz CT molecular complexity index is 1010. The number of ketones is 1. The van der Waals surface area contributed by atoms with Gasteiger partial charge >= 0.3 is 12.1 Å². The first kappa shape index (κ1) is 33.2. The van der Waals surface area contributed by atoms with Gasteiger partial charge in [-0.05, 0) is 23.1 Å². The maximum atomic E-state index is 12.5. The topological polar surface area (TPSA) is 58.2 Å². The maximum Gasteiger partial charge on any atom is 0.454 e. The molecule has 0 aliphatic carbocycles. The van der Waals surface area contributed by atoms with Crippen LogP contribution in [0, 0.1) is 11.3 Å². The van der Waals surface area contributed by atoms with Crippen molar-refractivity contribution in [3.63, 3.8) is 0 Å². The fourth-order valence-corrected chi connectivity index (χ4v) is 3.70. The van der Waals surface area contributed by atoms with E-state index in [2.05, 4.69) is 36.5 Å². The molecule has 2 N–H and O–H groups in total. The zero-order valence-electron chi connectivity index (χ0n) is 22.7. The summed E-state index contributed by atoms with van der Waals surface area (Å²) in [7, 11) is 0. The normalized spacial score (nSPS) is 12.8.